The Morgan fingerprint density at radius 2 is 1.73 bits per heavy atom. The van der Waals surface area contributed by atoms with Crippen LogP contribution in [0.3, 0.4) is 0 Å². The van der Waals surface area contributed by atoms with Crippen molar-refractivity contribution in [3.05, 3.63) is 0 Å². The third kappa shape index (κ3) is 3.31. The van der Waals surface area contributed by atoms with Crippen LogP contribution in [0.15, 0.2) is 0 Å². The number of sulfone groups is 1. The van der Waals surface area contributed by atoms with Crippen LogP contribution < -0.4 is 5.32 Å². The molecule has 0 aliphatic carbocycles. The largest absolute Gasteiger partial charge is 0.374 e. The van der Waals surface area contributed by atoms with Gasteiger partial charge in [-0.05, 0) is 25.8 Å². The smallest absolute Gasteiger partial charge is 0.150 e. The minimum absolute atomic E-state index is 0. The summed E-state index contributed by atoms with van der Waals surface area (Å²) in [7, 11) is -2.77. The zero-order valence-electron chi connectivity index (χ0n) is 8.70. The predicted octanol–water partition coefficient (Wildman–Crippen LogP) is 0.365. The van der Waals surface area contributed by atoms with Crippen LogP contribution >= 0.6 is 12.4 Å². The number of hydrogen-bond acceptors (Lipinski definition) is 4. The van der Waals surface area contributed by atoms with Crippen LogP contribution in [0.1, 0.15) is 19.3 Å². The number of ether oxygens (including phenoxy) is 1. The summed E-state index contributed by atoms with van der Waals surface area (Å²) in [6.07, 6.45) is 2.30. The van der Waals surface area contributed by atoms with Gasteiger partial charge in [-0.25, -0.2) is 8.42 Å². The summed E-state index contributed by atoms with van der Waals surface area (Å²) >= 11 is 0. The van der Waals surface area contributed by atoms with Gasteiger partial charge in [0, 0.05) is 6.54 Å². The van der Waals surface area contributed by atoms with Crippen molar-refractivity contribution < 1.29 is 13.2 Å². The first-order valence-corrected chi connectivity index (χ1v) is 6.99. The zero-order valence-corrected chi connectivity index (χ0v) is 10.3. The molecule has 90 valence electrons. The van der Waals surface area contributed by atoms with Gasteiger partial charge in [0.15, 0.2) is 9.84 Å². The highest BCUT2D eigenvalue weighted by molar-refractivity contribution is 7.91. The van der Waals surface area contributed by atoms with Crippen LogP contribution in [0.5, 0.6) is 0 Å². The van der Waals surface area contributed by atoms with E-state index in [0.717, 1.165) is 19.5 Å². The molecule has 0 bridgehead atoms. The van der Waals surface area contributed by atoms with Gasteiger partial charge in [0.05, 0.1) is 23.7 Å². The molecule has 4 nitrogen and oxygen atoms in total. The number of rotatable bonds is 0. The first kappa shape index (κ1) is 13.2. The fourth-order valence-corrected chi connectivity index (χ4v) is 3.73. The van der Waals surface area contributed by atoms with Crippen molar-refractivity contribution in [2.45, 2.75) is 24.9 Å². The Morgan fingerprint density at radius 1 is 1.07 bits per heavy atom. The summed E-state index contributed by atoms with van der Waals surface area (Å²) in [6.45, 7) is 2.54. The van der Waals surface area contributed by atoms with Gasteiger partial charge < -0.3 is 10.1 Å². The van der Waals surface area contributed by atoms with Gasteiger partial charge in [0.1, 0.15) is 0 Å². The molecule has 2 fully saturated rings. The molecule has 0 saturated carbocycles. The van der Waals surface area contributed by atoms with E-state index in [0.29, 0.717) is 31.0 Å². The monoisotopic (exact) mass is 255 g/mol. The van der Waals surface area contributed by atoms with Crippen LogP contribution in [-0.4, -0.2) is 45.2 Å². The van der Waals surface area contributed by atoms with Crippen LogP contribution in [0, 0.1) is 0 Å². The van der Waals surface area contributed by atoms with Crippen molar-refractivity contribution in [2.75, 3.05) is 31.2 Å². The third-order valence-electron chi connectivity index (χ3n) is 3.18. The Morgan fingerprint density at radius 3 is 2.40 bits per heavy atom. The fraction of sp³-hybridized carbons (Fsp3) is 1.00. The van der Waals surface area contributed by atoms with E-state index in [-0.39, 0.29) is 18.0 Å². The summed E-state index contributed by atoms with van der Waals surface area (Å²) in [5.41, 5.74) is -0.144. The molecule has 1 N–H and O–H groups in total. The Kier molecular flexibility index (Phi) is 4.40. The first-order valence-electron chi connectivity index (χ1n) is 5.17. The van der Waals surface area contributed by atoms with Crippen LogP contribution in [0.25, 0.3) is 0 Å². The molecule has 0 atom stereocenters. The van der Waals surface area contributed by atoms with Crippen molar-refractivity contribution in [3.63, 3.8) is 0 Å². The molecule has 6 heteroatoms. The van der Waals surface area contributed by atoms with Crippen LogP contribution in [-0.2, 0) is 14.6 Å². The molecule has 0 aromatic heterocycles. The van der Waals surface area contributed by atoms with Gasteiger partial charge in [-0.1, -0.05) is 0 Å². The lowest BCUT2D eigenvalue weighted by molar-refractivity contribution is -0.0446. The normalized spacial score (nSPS) is 29.1. The van der Waals surface area contributed by atoms with E-state index in [2.05, 4.69) is 5.32 Å². The lowest BCUT2D eigenvalue weighted by Crippen LogP contribution is -2.42. The van der Waals surface area contributed by atoms with E-state index in [1.807, 2.05) is 0 Å². The molecular weight excluding hydrogens is 238 g/mol. The molecule has 2 aliphatic rings. The van der Waals surface area contributed by atoms with Gasteiger partial charge in [-0.2, -0.15) is 0 Å². The Labute approximate surface area is 97.1 Å². The summed E-state index contributed by atoms with van der Waals surface area (Å²) in [6, 6.07) is 0. The van der Waals surface area contributed by atoms with Crippen molar-refractivity contribution in [1.82, 2.24) is 5.32 Å². The number of hydrogen-bond donors (Lipinski definition) is 1. The van der Waals surface area contributed by atoms with E-state index in [1.165, 1.54) is 0 Å². The second kappa shape index (κ2) is 4.99. The molecule has 0 unspecified atom stereocenters. The van der Waals surface area contributed by atoms with Gasteiger partial charge in [-0.15, -0.1) is 12.4 Å². The Bertz CT molecular complexity index is 280. The molecule has 0 aromatic carbocycles. The van der Waals surface area contributed by atoms with Crippen molar-refractivity contribution >= 4 is 22.2 Å². The minimum atomic E-state index is -2.77. The van der Waals surface area contributed by atoms with Crippen LogP contribution in [0.4, 0.5) is 0 Å². The lowest BCUT2D eigenvalue weighted by atomic mass is 9.93. The van der Waals surface area contributed by atoms with E-state index in [9.17, 15) is 8.42 Å². The summed E-state index contributed by atoms with van der Waals surface area (Å²) in [4.78, 5) is 0. The first-order chi connectivity index (χ1) is 6.62. The fourth-order valence-electron chi connectivity index (χ4n) is 2.16. The minimum Gasteiger partial charge on any atom is -0.374 e. The Balaban J connectivity index is 0.00000112. The van der Waals surface area contributed by atoms with Gasteiger partial charge in [-0.3, -0.25) is 0 Å². The quantitative estimate of drug-likeness (QED) is 0.679. The highest BCUT2D eigenvalue weighted by Crippen LogP contribution is 2.31. The summed E-state index contributed by atoms with van der Waals surface area (Å²) in [5, 5.41) is 3.27. The average Bonchev–Trinajstić information content (AvgIpc) is 2.37. The van der Waals surface area contributed by atoms with E-state index in [1.54, 1.807) is 0 Å². The molecule has 0 amide bonds. The van der Waals surface area contributed by atoms with Gasteiger partial charge >= 0.3 is 0 Å². The maximum absolute atomic E-state index is 11.3. The zero-order chi connectivity index (χ0) is 10.1. The predicted molar refractivity (Wildman–Crippen MR) is 61.3 cm³/mol. The molecular formula is C9H18ClNO3S. The molecule has 2 aliphatic heterocycles. The number of nitrogens with one attached hydrogen (secondary N) is 1. The lowest BCUT2D eigenvalue weighted by Gasteiger charge is -2.35. The standard InChI is InChI=1S/C9H17NO3S.ClH/c11-14(12)7-2-9(3-8-14)1-4-10-5-6-13-9;/h10H,1-8H2;1H. The molecule has 2 heterocycles. The molecule has 2 rings (SSSR count). The Hall–Kier alpha value is 0.160. The molecule has 15 heavy (non-hydrogen) atoms. The van der Waals surface area contributed by atoms with Crippen molar-refractivity contribution in [1.29, 1.82) is 0 Å². The average molecular weight is 256 g/mol. The van der Waals surface area contributed by atoms with Crippen LogP contribution in [0.2, 0.25) is 0 Å². The molecule has 1 spiro atoms. The molecule has 0 aromatic rings. The third-order valence-corrected chi connectivity index (χ3v) is 4.83. The van der Waals surface area contributed by atoms with Crippen molar-refractivity contribution in [3.8, 4) is 0 Å². The maximum Gasteiger partial charge on any atom is 0.150 e. The second-order valence-electron chi connectivity index (χ2n) is 4.18. The van der Waals surface area contributed by atoms with Gasteiger partial charge in [0.2, 0.25) is 0 Å². The molecule has 0 radical (unpaired) electrons. The maximum atomic E-state index is 11.3. The van der Waals surface area contributed by atoms with E-state index >= 15 is 0 Å². The molecule has 2 saturated heterocycles. The SMILES string of the molecule is Cl.O=S1(=O)CCC2(CCNCCO2)CC1. The number of halogens is 1. The van der Waals surface area contributed by atoms with E-state index < -0.39 is 9.84 Å². The second-order valence-corrected chi connectivity index (χ2v) is 6.49. The summed E-state index contributed by atoms with van der Waals surface area (Å²) < 4.78 is 28.4. The topological polar surface area (TPSA) is 55.4 Å². The highest BCUT2D eigenvalue weighted by Gasteiger charge is 2.38. The van der Waals surface area contributed by atoms with Crippen molar-refractivity contribution in [2.24, 2.45) is 0 Å². The summed E-state index contributed by atoms with van der Waals surface area (Å²) in [5.74, 6) is 0.597. The van der Waals surface area contributed by atoms with E-state index in [4.69, 9.17) is 4.74 Å². The van der Waals surface area contributed by atoms with Gasteiger partial charge in [0.25, 0.3) is 0 Å². The highest BCUT2D eigenvalue weighted by atomic mass is 35.5.